The lowest BCUT2D eigenvalue weighted by Gasteiger charge is -2.36. The number of thioether (sulfide) groups is 1. The third kappa shape index (κ3) is 3.73. The molecule has 2 rings (SSSR count). The maximum absolute atomic E-state index is 11.8. The summed E-state index contributed by atoms with van der Waals surface area (Å²) < 4.78 is 0. The van der Waals surface area contributed by atoms with Crippen molar-refractivity contribution in [1.82, 2.24) is 4.90 Å². The third-order valence-corrected chi connectivity index (χ3v) is 4.20. The lowest BCUT2D eigenvalue weighted by Crippen LogP contribution is -2.53. The number of likely N-dealkylation sites (tertiary alicyclic amines) is 1. The molecule has 1 saturated heterocycles. The molecule has 19 heavy (non-hydrogen) atoms. The Labute approximate surface area is 116 Å². The average Bonchev–Trinajstić information content (AvgIpc) is 2.29. The van der Waals surface area contributed by atoms with Crippen LogP contribution in [0, 0.1) is 12.8 Å². The summed E-state index contributed by atoms with van der Waals surface area (Å²) in [6, 6.07) is 8.21. The van der Waals surface area contributed by atoms with Gasteiger partial charge in [0, 0.05) is 30.2 Å². The monoisotopic (exact) mass is 279 g/mol. The van der Waals surface area contributed by atoms with Crippen LogP contribution in [0.1, 0.15) is 12.0 Å². The molecule has 1 aromatic rings. The molecule has 0 radical (unpaired) electrons. The van der Waals surface area contributed by atoms with Crippen molar-refractivity contribution in [2.24, 2.45) is 5.92 Å². The van der Waals surface area contributed by atoms with Crippen LogP contribution in [-0.2, 0) is 9.59 Å². The SMILES string of the molecule is Cc1ccc(SCCC(=O)N2CC(C(=O)O)C2)cc1. The molecule has 0 aromatic heterocycles. The highest BCUT2D eigenvalue weighted by Crippen LogP contribution is 2.21. The highest BCUT2D eigenvalue weighted by Gasteiger charge is 2.34. The van der Waals surface area contributed by atoms with Gasteiger partial charge in [-0.3, -0.25) is 9.59 Å². The lowest BCUT2D eigenvalue weighted by molar-refractivity contribution is -0.152. The fourth-order valence-corrected chi connectivity index (χ4v) is 2.73. The molecule has 0 bridgehead atoms. The normalized spacial score (nSPS) is 15.1. The number of hydrogen-bond donors (Lipinski definition) is 1. The highest BCUT2D eigenvalue weighted by molar-refractivity contribution is 7.99. The number of amides is 1. The summed E-state index contributed by atoms with van der Waals surface area (Å²) in [7, 11) is 0. The summed E-state index contributed by atoms with van der Waals surface area (Å²) in [6.07, 6.45) is 0.463. The van der Waals surface area contributed by atoms with Crippen molar-refractivity contribution in [3.63, 3.8) is 0 Å². The number of rotatable bonds is 5. The number of carboxylic acid groups (broad SMARTS) is 1. The zero-order chi connectivity index (χ0) is 13.8. The predicted molar refractivity (Wildman–Crippen MR) is 74.2 cm³/mol. The van der Waals surface area contributed by atoms with Crippen LogP contribution < -0.4 is 0 Å². The smallest absolute Gasteiger partial charge is 0.310 e. The number of aliphatic carboxylic acids is 1. The maximum Gasteiger partial charge on any atom is 0.310 e. The summed E-state index contributed by atoms with van der Waals surface area (Å²) in [5.41, 5.74) is 1.22. The molecule has 1 aromatic carbocycles. The van der Waals surface area contributed by atoms with Crippen molar-refractivity contribution in [3.05, 3.63) is 29.8 Å². The molecule has 4 nitrogen and oxygen atoms in total. The Morgan fingerprint density at radius 1 is 1.32 bits per heavy atom. The van der Waals surface area contributed by atoms with Gasteiger partial charge in [0.15, 0.2) is 0 Å². The molecule has 1 N–H and O–H groups in total. The van der Waals surface area contributed by atoms with Gasteiger partial charge in [-0.05, 0) is 19.1 Å². The van der Waals surface area contributed by atoms with Gasteiger partial charge in [-0.15, -0.1) is 11.8 Å². The van der Waals surface area contributed by atoms with Crippen LogP contribution in [0.25, 0.3) is 0 Å². The Hall–Kier alpha value is -1.49. The maximum atomic E-state index is 11.8. The van der Waals surface area contributed by atoms with Crippen molar-refractivity contribution in [2.75, 3.05) is 18.8 Å². The van der Waals surface area contributed by atoms with Crippen molar-refractivity contribution < 1.29 is 14.7 Å². The fraction of sp³-hybridized carbons (Fsp3) is 0.429. The van der Waals surface area contributed by atoms with Crippen molar-refractivity contribution in [1.29, 1.82) is 0 Å². The van der Waals surface area contributed by atoms with Crippen LogP contribution in [0.4, 0.5) is 0 Å². The van der Waals surface area contributed by atoms with E-state index in [9.17, 15) is 9.59 Å². The molecule has 1 aliphatic heterocycles. The molecule has 0 spiro atoms. The zero-order valence-corrected chi connectivity index (χ0v) is 11.7. The first-order valence-electron chi connectivity index (χ1n) is 6.26. The number of carbonyl (C=O) groups is 2. The standard InChI is InChI=1S/C14H17NO3S/c1-10-2-4-12(5-3-10)19-7-6-13(16)15-8-11(9-15)14(17)18/h2-5,11H,6-9H2,1H3,(H,17,18). The van der Waals surface area contributed by atoms with E-state index in [2.05, 4.69) is 24.3 Å². The van der Waals surface area contributed by atoms with E-state index < -0.39 is 5.97 Å². The summed E-state index contributed by atoms with van der Waals surface area (Å²) >= 11 is 1.65. The van der Waals surface area contributed by atoms with Crippen LogP contribution >= 0.6 is 11.8 Å². The van der Waals surface area contributed by atoms with Gasteiger partial charge < -0.3 is 10.0 Å². The molecule has 0 aliphatic carbocycles. The minimum Gasteiger partial charge on any atom is -0.481 e. The van der Waals surface area contributed by atoms with Gasteiger partial charge >= 0.3 is 5.97 Å². The molecule has 1 amide bonds. The Morgan fingerprint density at radius 2 is 1.95 bits per heavy atom. The van der Waals surface area contributed by atoms with Crippen LogP contribution in [0.15, 0.2) is 29.2 Å². The number of benzene rings is 1. The van der Waals surface area contributed by atoms with Crippen LogP contribution in [0.2, 0.25) is 0 Å². The zero-order valence-electron chi connectivity index (χ0n) is 10.8. The first-order valence-corrected chi connectivity index (χ1v) is 7.25. The van der Waals surface area contributed by atoms with Crippen LogP contribution in [0.5, 0.6) is 0 Å². The van der Waals surface area contributed by atoms with Gasteiger partial charge in [0.1, 0.15) is 0 Å². The molecular weight excluding hydrogens is 262 g/mol. The van der Waals surface area contributed by atoms with E-state index in [-0.39, 0.29) is 11.8 Å². The second-order valence-corrected chi connectivity index (χ2v) is 5.91. The molecule has 1 aliphatic rings. The molecular formula is C14H17NO3S. The number of carboxylic acids is 1. The lowest BCUT2D eigenvalue weighted by atomic mass is 10.0. The summed E-state index contributed by atoms with van der Waals surface area (Å²) in [5, 5.41) is 8.74. The van der Waals surface area contributed by atoms with Crippen LogP contribution in [-0.4, -0.2) is 40.7 Å². The quantitative estimate of drug-likeness (QED) is 0.838. The fourth-order valence-electron chi connectivity index (χ4n) is 1.89. The largest absolute Gasteiger partial charge is 0.481 e. The highest BCUT2D eigenvalue weighted by atomic mass is 32.2. The van der Waals surface area contributed by atoms with Crippen molar-refractivity contribution in [2.45, 2.75) is 18.2 Å². The minimum atomic E-state index is -0.807. The second kappa shape index (κ2) is 6.10. The Morgan fingerprint density at radius 3 is 2.53 bits per heavy atom. The Balaban J connectivity index is 1.68. The minimum absolute atomic E-state index is 0.0529. The van der Waals surface area contributed by atoms with Gasteiger partial charge in [-0.1, -0.05) is 17.7 Å². The molecule has 0 saturated carbocycles. The number of hydrogen-bond acceptors (Lipinski definition) is 3. The Kier molecular flexibility index (Phi) is 4.47. The van der Waals surface area contributed by atoms with E-state index in [0.717, 1.165) is 10.6 Å². The molecule has 1 heterocycles. The molecule has 5 heteroatoms. The van der Waals surface area contributed by atoms with Crippen molar-refractivity contribution >= 4 is 23.6 Å². The number of carbonyl (C=O) groups excluding carboxylic acids is 1. The summed E-state index contributed by atoms with van der Waals surface area (Å²) in [6.45, 7) is 2.77. The van der Waals surface area contributed by atoms with E-state index >= 15 is 0 Å². The molecule has 0 unspecified atom stereocenters. The summed E-state index contributed by atoms with van der Waals surface area (Å²) in [4.78, 5) is 25.2. The van der Waals surface area contributed by atoms with E-state index in [0.29, 0.717) is 19.5 Å². The molecule has 0 atom stereocenters. The van der Waals surface area contributed by atoms with Gasteiger partial charge in [0.25, 0.3) is 0 Å². The number of nitrogens with zero attached hydrogens (tertiary/aromatic N) is 1. The van der Waals surface area contributed by atoms with Gasteiger partial charge in [-0.25, -0.2) is 0 Å². The van der Waals surface area contributed by atoms with Gasteiger partial charge in [-0.2, -0.15) is 0 Å². The first-order chi connectivity index (χ1) is 9.06. The first kappa shape index (κ1) is 13.9. The average molecular weight is 279 g/mol. The van der Waals surface area contributed by atoms with E-state index in [1.807, 2.05) is 6.92 Å². The molecule has 102 valence electrons. The summed E-state index contributed by atoms with van der Waals surface area (Å²) in [5.74, 6) is -0.389. The van der Waals surface area contributed by atoms with E-state index in [1.165, 1.54) is 5.56 Å². The Bertz CT molecular complexity index is 466. The molecule has 1 fully saturated rings. The van der Waals surface area contributed by atoms with Gasteiger partial charge in [0.05, 0.1) is 5.92 Å². The second-order valence-electron chi connectivity index (χ2n) is 4.75. The van der Waals surface area contributed by atoms with Crippen LogP contribution in [0.3, 0.4) is 0 Å². The predicted octanol–water partition coefficient (Wildman–Crippen LogP) is 2.02. The third-order valence-electron chi connectivity index (χ3n) is 3.19. The van der Waals surface area contributed by atoms with E-state index in [1.54, 1.807) is 16.7 Å². The number of aryl methyl sites for hydroxylation is 1. The van der Waals surface area contributed by atoms with E-state index in [4.69, 9.17) is 5.11 Å². The van der Waals surface area contributed by atoms with Crippen molar-refractivity contribution in [3.8, 4) is 0 Å². The topological polar surface area (TPSA) is 57.6 Å². The van der Waals surface area contributed by atoms with Gasteiger partial charge in [0.2, 0.25) is 5.91 Å².